The molecule has 0 amide bonds. The van der Waals surface area contributed by atoms with Gasteiger partial charge in [0.15, 0.2) is 6.61 Å². The topological polar surface area (TPSA) is 85.5 Å². The van der Waals surface area contributed by atoms with Gasteiger partial charge in [0.05, 0.1) is 10.6 Å². The van der Waals surface area contributed by atoms with E-state index in [0.717, 1.165) is 0 Å². The summed E-state index contributed by atoms with van der Waals surface area (Å²) in [6.07, 6.45) is 0.654. The van der Waals surface area contributed by atoms with Crippen molar-refractivity contribution in [3.8, 4) is 5.75 Å². The number of halogens is 1. The van der Waals surface area contributed by atoms with E-state index in [2.05, 4.69) is 10.1 Å². The number of aryl methyl sites for hydroxylation is 1. The highest BCUT2D eigenvalue weighted by atomic mass is 35.5. The van der Waals surface area contributed by atoms with E-state index >= 15 is 0 Å². The smallest absolute Gasteiger partial charge is 0.335 e. The van der Waals surface area contributed by atoms with Crippen LogP contribution >= 0.6 is 11.6 Å². The van der Waals surface area contributed by atoms with Crippen molar-refractivity contribution >= 4 is 17.6 Å². The fourth-order valence-electron chi connectivity index (χ4n) is 1.39. The minimum Gasteiger partial charge on any atom is -0.484 e. The molecule has 1 aromatic carbocycles. The van der Waals surface area contributed by atoms with Crippen molar-refractivity contribution in [2.45, 2.75) is 20.0 Å². The number of nitrogens with zero attached hydrogens (tertiary/aromatic N) is 2. The van der Waals surface area contributed by atoms with E-state index in [4.69, 9.17) is 26.0 Å². The summed E-state index contributed by atoms with van der Waals surface area (Å²) in [6.45, 7) is 2.01. The first-order valence-electron chi connectivity index (χ1n) is 5.57. The third kappa shape index (κ3) is 3.23. The Morgan fingerprint density at radius 1 is 1.53 bits per heavy atom. The summed E-state index contributed by atoms with van der Waals surface area (Å²) in [6, 6.07) is 4.23. The average molecular weight is 283 g/mol. The number of rotatable bonds is 5. The first-order valence-corrected chi connectivity index (χ1v) is 5.95. The number of carboxylic acids is 1. The molecule has 0 saturated heterocycles. The molecule has 0 bridgehead atoms. The van der Waals surface area contributed by atoms with Crippen LogP contribution in [0.1, 0.15) is 29.0 Å². The lowest BCUT2D eigenvalue weighted by Crippen LogP contribution is -2.00. The number of carboxylic acid groups (broad SMARTS) is 1. The van der Waals surface area contributed by atoms with E-state index in [1.54, 1.807) is 0 Å². The van der Waals surface area contributed by atoms with Crippen molar-refractivity contribution in [3.05, 3.63) is 40.5 Å². The van der Waals surface area contributed by atoms with Gasteiger partial charge in [-0.15, -0.1) is 0 Å². The molecule has 7 heteroatoms. The summed E-state index contributed by atoms with van der Waals surface area (Å²) in [4.78, 5) is 14.8. The molecule has 0 aliphatic rings. The predicted molar refractivity (Wildman–Crippen MR) is 66.4 cm³/mol. The van der Waals surface area contributed by atoms with Crippen LogP contribution in [0.2, 0.25) is 5.02 Å². The number of aromatic nitrogens is 2. The van der Waals surface area contributed by atoms with Crippen molar-refractivity contribution in [1.82, 2.24) is 10.1 Å². The molecule has 6 nitrogen and oxygen atoms in total. The van der Waals surface area contributed by atoms with Crippen LogP contribution < -0.4 is 4.74 Å². The highest BCUT2D eigenvalue weighted by Crippen LogP contribution is 2.26. The maximum absolute atomic E-state index is 10.7. The Hall–Kier alpha value is -2.08. The van der Waals surface area contributed by atoms with Gasteiger partial charge in [-0.1, -0.05) is 23.7 Å². The number of aromatic carboxylic acids is 1. The van der Waals surface area contributed by atoms with Gasteiger partial charge in [-0.3, -0.25) is 0 Å². The quantitative estimate of drug-likeness (QED) is 0.907. The maximum atomic E-state index is 10.7. The van der Waals surface area contributed by atoms with Crippen molar-refractivity contribution in [1.29, 1.82) is 0 Å². The fraction of sp³-hybridized carbons (Fsp3) is 0.250. The first-order chi connectivity index (χ1) is 9.10. The van der Waals surface area contributed by atoms with Gasteiger partial charge in [-0.2, -0.15) is 4.98 Å². The minimum atomic E-state index is -1.04. The Labute approximate surface area is 114 Å². The van der Waals surface area contributed by atoms with Gasteiger partial charge >= 0.3 is 5.97 Å². The van der Waals surface area contributed by atoms with Gasteiger partial charge in [0.1, 0.15) is 5.75 Å². The third-order valence-corrected chi connectivity index (χ3v) is 2.64. The van der Waals surface area contributed by atoms with Crippen molar-refractivity contribution in [2.75, 3.05) is 0 Å². The molecule has 100 valence electrons. The van der Waals surface area contributed by atoms with E-state index in [1.807, 2.05) is 6.92 Å². The second-order valence-electron chi connectivity index (χ2n) is 3.70. The number of hydrogen-bond donors (Lipinski definition) is 1. The van der Waals surface area contributed by atoms with Gasteiger partial charge in [-0.05, 0) is 18.2 Å². The summed E-state index contributed by atoms with van der Waals surface area (Å²) in [5, 5.41) is 12.8. The Morgan fingerprint density at radius 3 is 2.89 bits per heavy atom. The molecular formula is C12H11ClN2O4. The van der Waals surface area contributed by atoms with E-state index in [-0.39, 0.29) is 17.2 Å². The van der Waals surface area contributed by atoms with Crippen LogP contribution in [0.15, 0.2) is 22.7 Å². The predicted octanol–water partition coefficient (Wildman–Crippen LogP) is 2.56. The molecule has 1 N–H and O–H groups in total. The van der Waals surface area contributed by atoms with Gasteiger partial charge in [0, 0.05) is 6.42 Å². The summed E-state index contributed by atoms with van der Waals surface area (Å²) in [5.74, 6) is 0.273. The maximum Gasteiger partial charge on any atom is 0.335 e. The average Bonchev–Trinajstić information content (AvgIpc) is 2.85. The van der Waals surface area contributed by atoms with Gasteiger partial charge < -0.3 is 14.4 Å². The third-order valence-electron chi connectivity index (χ3n) is 2.35. The van der Waals surface area contributed by atoms with Crippen molar-refractivity contribution in [3.63, 3.8) is 0 Å². The molecule has 19 heavy (non-hydrogen) atoms. The van der Waals surface area contributed by atoms with Gasteiger partial charge in [0.25, 0.3) is 0 Å². The SMILES string of the molecule is CCc1nc(COc2ccc(C(=O)O)cc2Cl)no1. The summed E-state index contributed by atoms with van der Waals surface area (Å²) in [5.41, 5.74) is 0.102. The number of ether oxygens (including phenoxy) is 1. The number of benzene rings is 1. The van der Waals surface area contributed by atoms with E-state index in [9.17, 15) is 4.79 Å². The second kappa shape index (κ2) is 5.71. The van der Waals surface area contributed by atoms with Crippen molar-refractivity contribution < 1.29 is 19.2 Å². The van der Waals surface area contributed by atoms with Crippen LogP contribution in [-0.2, 0) is 13.0 Å². The van der Waals surface area contributed by atoms with E-state index in [1.165, 1.54) is 18.2 Å². The highest BCUT2D eigenvalue weighted by Gasteiger charge is 2.10. The monoisotopic (exact) mass is 282 g/mol. The molecule has 0 saturated carbocycles. The molecule has 0 spiro atoms. The zero-order valence-corrected chi connectivity index (χ0v) is 10.8. The normalized spacial score (nSPS) is 10.4. The molecule has 1 aromatic heterocycles. The van der Waals surface area contributed by atoms with Crippen LogP contribution in [0.4, 0.5) is 0 Å². The number of hydrogen-bond acceptors (Lipinski definition) is 5. The van der Waals surface area contributed by atoms with Gasteiger partial charge in [-0.25, -0.2) is 4.79 Å². The molecule has 0 aliphatic carbocycles. The molecule has 0 radical (unpaired) electrons. The molecule has 2 rings (SSSR count). The second-order valence-corrected chi connectivity index (χ2v) is 4.10. The summed E-state index contributed by atoms with van der Waals surface area (Å²) in [7, 11) is 0. The first kappa shape index (κ1) is 13.4. The molecule has 0 atom stereocenters. The van der Waals surface area contributed by atoms with Gasteiger partial charge in [0.2, 0.25) is 11.7 Å². The Bertz CT molecular complexity index is 597. The van der Waals surface area contributed by atoms with Crippen LogP contribution in [0.5, 0.6) is 5.75 Å². The van der Waals surface area contributed by atoms with Crippen LogP contribution in [0, 0.1) is 0 Å². The zero-order valence-electron chi connectivity index (χ0n) is 10.1. The lowest BCUT2D eigenvalue weighted by atomic mass is 10.2. The van der Waals surface area contributed by atoms with E-state index in [0.29, 0.717) is 23.9 Å². The fourth-order valence-corrected chi connectivity index (χ4v) is 1.62. The zero-order chi connectivity index (χ0) is 13.8. The highest BCUT2D eigenvalue weighted by molar-refractivity contribution is 6.32. The largest absolute Gasteiger partial charge is 0.484 e. The van der Waals surface area contributed by atoms with Crippen LogP contribution in [0.3, 0.4) is 0 Å². The lowest BCUT2D eigenvalue weighted by molar-refractivity contribution is 0.0697. The molecule has 0 unspecified atom stereocenters. The lowest BCUT2D eigenvalue weighted by Gasteiger charge is -2.06. The molecule has 2 aromatic rings. The van der Waals surface area contributed by atoms with E-state index < -0.39 is 5.97 Å². The minimum absolute atomic E-state index is 0.102. The Kier molecular flexibility index (Phi) is 4.01. The van der Waals surface area contributed by atoms with Crippen LogP contribution in [0.25, 0.3) is 0 Å². The molecule has 0 fully saturated rings. The Morgan fingerprint density at radius 2 is 2.32 bits per heavy atom. The molecule has 0 aliphatic heterocycles. The Balaban J connectivity index is 2.05. The molecular weight excluding hydrogens is 272 g/mol. The number of carbonyl (C=O) groups is 1. The van der Waals surface area contributed by atoms with Crippen LogP contribution in [-0.4, -0.2) is 21.2 Å². The summed E-state index contributed by atoms with van der Waals surface area (Å²) < 4.78 is 10.3. The molecule has 1 heterocycles. The standard InChI is InChI=1S/C12H11ClN2O4/c1-2-11-14-10(15-19-11)6-18-9-4-3-7(12(16)17)5-8(9)13/h3-5H,2,6H2,1H3,(H,16,17). The van der Waals surface area contributed by atoms with Crippen molar-refractivity contribution in [2.24, 2.45) is 0 Å². The summed E-state index contributed by atoms with van der Waals surface area (Å²) >= 11 is 5.92.